The maximum absolute atomic E-state index is 10.9. The van der Waals surface area contributed by atoms with Gasteiger partial charge in [-0.2, -0.15) is 0 Å². The Morgan fingerprint density at radius 2 is 2.14 bits per heavy atom. The maximum Gasteiger partial charge on any atom is 0.218 e. The van der Waals surface area contributed by atoms with Crippen LogP contribution in [0.3, 0.4) is 0 Å². The van der Waals surface area contributed by atoms with E-state index in [-0.39, 0.29) is 12.5 Å². The normalized spacial score (nSPS) is 23.1. The largest absolute Gasteiger partial charge is 0.393 e. The molecule has 116 valence electrons. The van der Waals surface area contributed by atoms with Crippen molar-refractivity contribution >= 4 is 5.91 Å². The molecule has 0 radical (unpaired) electrons. The predicted molar refractivity (Wildman–Crippen MR) is 80.9 cm³/mol. The molecule has 1 saturated heterocycles. The molecule has 5 nitrogen and oxygen atoms in total. The van der Waals surface area contributed by atoms with Gasteiger partial charge in [-0.15, -0.1) is 0 Å². The first-order chi connectivity index (χ1) is 10.0. The summed E-state index contributed by atoms with van der Waals surface area (Å²) >= 11 is 0. The van der Waals surface area contributed by atoms with E-state index in [9.17, 15) is 9.90 Å². The summed E-state index contributed by atoms with van der Waals surface area (Å²) in [5, 5.41) is 9.81. The number of aliphatic hydroxyl groups is 1. The van der Waals surface area contributed by atoms with Crippen LogP contribution < -0.4 is 5.73 Å². The Morgan fingerprint density at radius 3 is 2.76 bits per heavy atom. The van der Waals surface area contributed by atoms with Crippen molar-refractivity contribution < 1.29 is 14.6 Å². The summed E-state index contributed by atoms with van der Waals surface area (Å²) < 4.78 is 5.88. The second-order valence-electron chi connectivity index (χ2n) is 5.84. The van der Waals surface area contributed by atoms with Gasteiger partial charge in [0.05, 0.1) is 13.2 Å². The number of morpholine rings is 1. The van der Waals surface area contributed by atoms with E-state index in [2.05, 4.69) is 29.2 Å². The number of hydrogen-bond donors (Lipinski definition) is 2. The third-order valence-corrected chi connectivity index (χ3v) is 3.94. The average Bonchev–Trinajstić information content (AvgIpc) is 2.48. The number of aliphatic hydroxyl groups excluding tert-OH is 1. The molecule has 0 saturated carbocycles. The number of primary amides is 1. The molecule has 0 unspecified atom stereocenters. The molecule has 1 fully saturated rings. The number of ether oxygens (including phenoxy) is 1. The molecule has 3 N–H and O–H groups in total. The second kappa shape index (κ2) is 7.02. The summed E-state index contributed by atoms with van der Waals surface area (Å²) in [6.07, 6.45) is 1.00. The van der Waals surface area contributed by atoms with Crippen LogP contribution in [0.2, 0.25) is 0 Å². The summed E-state index contributed by atoms with van der Waals surface area (Å²) in [5.74, 6) is -0.297. The van der Waals surface area contributed by atoms with E-state index in [4.69, 9.17) is 10.5 Å². The standard InChI is InChI=1S/C16H24N2O3/c1-13-2-4-14(5-3-13)10-16(12-19)11-18(8-9-21-16)7-6-15(17)20/h2-5,19H,6-12H2,1H3,(H2,17,20)/t16-/m0/s1. The quantitative estimate of drug-likeness (QED) is 0.799. The van der Waals surface area contributed by atoms with E-state index >= 15 is 0 Å². The molecule has 1 aromatic rings. The zero-order valence-electron chi connectivity index (χ0n) is 12.5. The Hall–Kier alpha value is -1.43. The minimum Gasteiger partial charge on any atom is -0.393 e. The van der Waals surface area contributed by atoms with Crippen molar-refractivity contribution in [3.05, 3.63) is 35.4 Å². The molecular formula is C16H24N2O3. The number of aryl methyl sites for hydroxylation is 1. The first-order valence-electron chi connectivity index (χ1n) is 7.34. The lowest BCUT2D eigenvalue weighted by Crippen LogP contribution is -2.55. The smallest absolute Gasteiger partial charge is 0.218 e. The number of nitrogens with zero attached hydrogens (tertiary/aromatic N) is 1. The number of nitrogens with two attached hydrogens (primary N) is 1. The first kappa shape index (κ1) is 15.9. The van der Waals surface area contributed by atoms with Crippen LogP contribution >= 0.6 is 0 Å². The van der Waals surface area contributed by atoms with Crippen LogP contribution in [-0.4, -0.2) is 54.4 Å². The lowest BCUT2D eigenvalue weighted by atomic mass is 9.92. The molecule has 1 heterocycles. The minimum absolute atomic E-state index is 0.0338. The molecule has 1 aromatic carbocycles. The molecule has 0 aromatic heterocycles. The second-order valence-corrected chi connectivity index (χ2v) is 5.84. The van der Waals surface area contributed by atoms with Gasteiger partial charge in [0, 0.05) is 32.5 Å². The monoisotopic (exact) mass is 292 g/mol. The molecule has 1 aliphatic rings. The first-order valence-corrected chi connectivity index (χ1v) is 7.34. The molecule has 1 atom stereocenters. The fourth-order valence-corrected chi connectivity index (χ4v) is 2.72. The van der Waals surface area contributed by atoms with Gasteiger partial charge >= 0.3 is 0 Å². The van der Waals surface area contributed by atoms with Crippen LogP contribution in [0.4, 0.5) is 0 Å². The van der Waals surface area contributed by atoms with Crippen LogP contribution in [0, 0.1) is 6.92 Å². The fraction of sp³-hybridized carbons (Fsp3) is 0.562. The molecule has 2 rings (SSSR count). The van der Waals surface area contributed by atoms with Gasteiger partial charge in [-0.25, -0.2) is 0 Å². The molecule has 0 spiro atoms. The molecular weight excluding hydrogens is 268 g/mol. The number of hydrogen-bond acceptors (Lipinski definition) is 4. The lowest BCUT2D eigenvalue weighted by molar-refractivity contribution is -0.134. The van der Waals surface area contributed by atoms with E-state index in [1.165, 1.54) is 5.56 Å². The van der Waals surface area contributed by atoms with Gasteiger partial charge in [-0.1, -0.05) is 29.8 Å². The van der Waals surface area contributed by atoms with E-state index in [0.717, 1.165) is 12.1 Å². The van der Waals surface area contributed by atoms with Crippen LogP contribution in [0.1, 0.15) is 17.5 Å². The highest BCUT2D eigenvalue weighted by molar-refractivity contribution is 5.73. The Morgan fingerprint density at radius 1 is 1.43 bits per heavy atom. The zero-order valence-corrected chi connectivity index (χ0v) is 12.5. The van der Waals surface area contributed by atoms with Crippen LogP contribution in [0.15, 0.2) is 24.3 Å². The maximum atomic E-state index is 10.9. The average molecular weight is 292 g/mol. The fourth-order valence-electron chi connectivity index (χ4n) is 2.72. The van der Waals surface area contributed by atoms with E-state index in [1.807, 2.05) is 6.92 Å². The van der Waals surface area contributed by atoms with Gasteiger partial charge in [-0.05, 0) is 12.5 Å². The Labute approximate surface area is 125 Å². The van der Waals surface area contributed by atoms with Gasteiger partial charge < -0.3 is 15.6 Å². The van der Waals surface area contributed by atoms with Crippen LogP contribution in [0.5, 0.6) is 0 Å². The number of carbonyl (C=O) groups excluding carboxylic acids is 1. The van der Waals surface area contributed by atoms with E-state index in [0.29, 0.717) is 32.5 Å². The summed E-state index contributed by atoms with van der Waals surface area (Å²) in [5.41, 5.74) is 6.97. The lowest BCUT2D eigenvalue weighted by Gasteiger charge is -2.42. The van der Waals surface area contributed by atoms with Crippen molar-refractivity contribution in [3.8, 4) is 0 Å². The van der Waals surface area contributed by atoms with Gasteiger partial charge in [-0.3, -0.25) is 9.69 Å². The van der Waals surface area contributed by atoms with Crippen molar-refractivity contribution in [2.45, 2.75) is 25.4 Å². The number of amides is 1. The van der Waals surface area contributed by atoms with E-state index in [1.54, 1.807) is 0 Å². The van der Waals surface area contributed by atoms with Gasteiger partial charge in [0.1, 0.15) is 5.60 Å². The third kappa shape index (κ3) is 4.52. The van der Waals surface area contributed by atoms with E-state index < -0.39 is 5.60 Å². The zero-order chi connectivity index (χ0) is 15.3. The van der Waals surface area contributed by atoms with Crippen molar-refractivity contribution in [2.24, 2.45) is 5.73 Å². The Kier molecular flexibility index (Phi) is 5.33. The number of rotatable bonds is 6. The SMILES string of the molecule is Cc1ccc(C[C@@]2(CO)CN(CCC(N)=O)CCO2)cc1. The Balaban J connectivity index is 2.02. The predicted octanol–water partition coefficient (Wildman–Crippen LogP) is 0.476. The van der Waals surface area contributed by atoms with Gasteiger partial charge in [0.15, 0.2) is 0 Å². The molecule has 1 aliphatic heterocycles. The topological polar surface area (TPSA) is 75.8 Å². The van der Waals surface area contributed by atoms with Crippen molar-refractivity contribution in [1.82, 2.24) is 4.90 Å². The number of carbonyl (C=O) groups is 1. The summed E-state index contributed by atoms with van der Waals surface area (Å²) in [6.45, 7) is 4.58. The molecule has 21 heavy (non-hydrogen) atoms. The highest BCUT2D eigenvalue weighted by atomic mass is 16.5. The highest BCUT2D eigenvalue weighted by Gasteiger charge is 2.36. The molecule has 1 amide bonds. The van der Waals surface area contributed by atoms with Gasteiger partial charge in [0.25, 0.3) is 0 Å². The van der Waals surface area contributed by atoms with Crippen molar-refractivity contribution in [3.63, 3.8) is 0 Å². The van der Waals surface area contributed by atoms with Crippen LogP contribution in [0.25, 0.3) is 0 Å². The number of benzene rings is 1. The highest BCUT2D eigenvalue weighted by Crippen LogP contribution is 2.23. The van der Waals surface area contributed by atoms with Crippen molar-refractivity contribution in [2.75, 3.05) is 32.8 Å². The molecule has 0 bridgehead atoms. The van der Waals surface area contributed by atoms with Gasteiger partial charge in [0.2, 0.25) is 5.91 Å². The van der Waals surface area contributed by atoms with Crippen LogP contribution in [-0.2, 0) is 16.0 Å². The molecule has 5 heteroatoms. The minimum atomic E-state index is -0.592. The van der Waals surface area contributed by atoms with Crippen molar-refractivity contribution in [1.29, 1.82) is 0 Å². The molecule has 0 aliphatic carbocycles. The summed E-state index contributed by atoms with van der Waals surface area (Å²) in [4.78, 5) is 13.0. The Bertz CT molecular complexity index is 475. The summed E-state index contributed by atoms with van der Waals surface area (Å²) in [7, 11) is 0. The summed E-state index contributed by atoms with van der Waals surface area (Å²) in [6, 6.07) is 8.26. The third-order valence-electron chi connectivity index (χ3n) is 3.94.